The molecule has 0 radical (unpaired) electrons. The Morgan fingerprint density at radius 2 is 1.85 bits per heavy atom. The molecule has 0 saturated carbocycles. The maximum Gasteiger partial charge on any atom is 0.326 e. The van der Waals surface area contributed by atoms with E-state index in [1.165, 1.54) is 23.2 Å². The van der Waals surface area contributed by atoms with Crippen LogP contribution in [0.25, 0.3) is 0 Å². The van der Waals surface area contributed by atoms with E-state index in [4.69, 9.17) is 5.11 Å². The molecule has 1 aliphatic rings. The van der Waals surface area contributed by atoms with Gasteiger partial charge < -0.3 is 10.0 Å². The van der Waals surface area contributed by atoms with E-state index in [2.05, 4.69) is 0 Å². The van der Waals surface area contributed by atoms with Gasteiger partial charge in [0, 0.05) is 26.1 Å². The molecule has 8 heteroatoms. The number of rotatable bonds is 5. The second-order valence-electron chi connectivity index (χ2n) is 5.04. The average Bonchev–Trinajstić information content (AvgIpc) is 2.44. The Hall–Kier alpha value is -1.15. The highest BCUT2D eigenvalue weighted by Crippen LogP contribution is 2.22. The molecule has 0 spiro atoms. The Labute approximate surface area is 119 Å². The van der Waals surface area contributed by atoms with Crippen LogP contribution in [0.3, 0.4) is 0 Å². The normalized spacial score (nSPS) is 19.6. The van der Waals surface area contributed by atoms with E-state index in [0.29, 0.717) is 25.9 Å². The van der Waals surface area contributed by atoms with Crippen LogP contribution >= 0.6 is 0 Å². The van der Waals surface area contributed by atoms with Crippen molar-refractivity contribution >= 4 is 21.9 Å². The number of carbonyl (C=O) groups excluding carboxylic acids is 1. The zero-order valence-corrected chi connectivity index (χ0v) is 12.9. The summed E-state index contributed by atoms with van der Waals surface area (Å²) in [5.74, 6) is -1.52. The van der Waals surface area contributed by atoms with Crippen molar-refractivity contribution in [1.29, 1.82) is 0 Å². The standard InChI is InChI=1S/C12H22N2O5S/c1-4-20(18,19)14-7-5-10(6-8-14)11(15)13(3)9(2)12(16)17/h9-10H,4-8H2,1-3H3,(H,16,17). The third-order valence-electron chi connectivity index (χ3n) is 3.85. The predicted octanol–water partition coefficient (Wildman–Crippen LogP) is -0.0204. The molecule has 1 aliphatic heterocycles. The third kappa shape index (κ3) is 3.69. The Bertz CT molecular complexity index is 468. The molecular weight excluding hydrogens is 284 g/mol. The molecule has 0 aromatic rings. The molecule has 1 fully saturated rings. The van der Waals surface area contributed by atoms with E-state index in [1.54, 1.807) is 6.92 Å². The van der Waals surface area contributed by atoms with Crippen LogP contribution in [0.2, 0.25) is 0 Å². The minimum absolute atomic E-state index is 0.0571. The van der Waals surface area contributed by atoms with Gasteiger partial charge in [-0.05, 0) is 26.7 Å². The minimum atomic E-state index is -3.21. The molecule has 0 aromatic carbocycles. The van der Waals surface area contributed by atoms with Gasteiger partial charge >= 0.3 is 5.97 Å². The largest absolute Gasteiger partial charge is 0.480 e. The van der Waals surface area contributed by atoms with Gasteiger partial charge in [-0.25, -0.2) is 17.5 Å². The van der Waals surface area contributed by atoms with E-state index in [-0.39, 0.29) is 17.6 Å². The monoisotopic (exact) mass is 306 g/mol. The molecule has 0 bridgehead atoms. The van der Waals surface area contributed by atoms with Crippen LogP contribution in [0.5, 0.6) is 0 Å². The van der Waals surface area contributed by atoms with Crippen LogP contribution in [0.15, 0.2) is 0 Å². The lowest BCUT2D eigenvalue weighted by atomic mass is 9.96. The zero-order valence-electron chi connectivity index (χ0n) is 12.1. The fourth-order valence-electron chi connectivity index (χ4n) is 2.21. The average molecular weight is 306 g/mol. The molecular formula is C12H22N2O5S. The fourth-order valence-corrected chi connectivity index (χ4v) is 3.34. The number of amides is 1. The van der Waals surface area contributed by atoms with Crippen molar-refractivity contribution in [2.45, 2.75) is 32.7 Å². The summed E-state index contributed by atoms with van der Waals surface area (Å²) >= 11 is 0. The molecule has 1 amide bonds. The summed E-state index contributed by atoms with van der Waals surface area (Å²) in [5.41, 5.74) is 0. The molecule has 1 atom stereocenters. The van der Waals surface area contributed by atoms with Crippen LogP contribution in [0.4, 0.5) is 0 Å². The second-order valence-corrected chi connectivity index (χ2v) is 7.29. The molecule has 1 saturated heterocycles. The van der Waals surface area contributed by atoms with Crippen molar-refractivity contribution in [2.75, 3.05) is 25.9 Å². The number of nitrogens with zero attached hydrogens (tertiary/aromatic N) is 2. The number of carbonyl (C=O) groups is 2. The smallest absolute Gasteiger partial charge is 0.326 e. The molecule has 116 valence electrons. The number of likely N-dealkylation sites (N-methyl/N-ethyl adjacent to an activating group) is 1. The lowest BCUT2D eigenvalue weighted by Crippen LogP contribution is -2.47. The first-order valence-electron chi connectivity index (χ1n) is 6.68. The predicted molar refractivity (Wildman–Crippen MR) is 73.6 cm³/mol. The lowest BCUT2D eigenvalue weighted by Gasteiger charge is -2.33. The topological polar surface area (TPSA) is 95.0 Å². The van der Waals surface area contributed by atoms with Gasteiger partial charge in [-0.1, -0.05) is 0 Å². The first-order valence-corrected chi connectivity index (χ1v) is 8.29. The second kappa shape index (κ2) is 6.53. The van der Waals surface area contributed by atoms with Crippen LogP contribution < -0.4 is 0 Å². The number of piperidine rings is 1. The first kappa shape index (κ1) is 16.9. The molecule has 1 heterocycles. The van der Waals surface area contributed by atoms with E-state index >= 15 is 0 Å². The van der Waals surface area contributed by atoms with Gasteiger partial charge in [0.25, 0.3) is 0 Å². The van der Waals surface area contributed by atoms with Crippen molar-refractivity contribution in [1.82, 2.24) is 9.21 Å². The molecule has 1 unspecified atom stereocenters. The quantitative estimate of drug-likeness (QED) is 0.770. The number of carboxylic acids is 1. The Balaban J connectivity index is 2.62. The van der Waals surface area contributed by atoms with Gasteiger partial charge in [0.05, 0.1) is 5.75 Å². The maximum atomic E-state index is 12.2. The van der Waals surface area contributed by atoms with E-state index in [1.807, 2.05) is 0 Å². The van der Waals surface area contributed by atoms with Crippen molar-refractivity contribution in [3.05, 3.63) is 0 Å². The van der Waals surface area contributed by atoms with Crippen molar-refractivity contribution in [3.63, 3.8) is 0 Å². The third-order valence-corrected chi connectivity index (χ3v) is 5.73. The summed E-state index contributed by atoms with van der Waals surface area (Å²) in [6.07, 6.45) is 0.878. The number of hydrogen-bond acceptors (Lipinski definition) is 4. The molecule has 20 heavy (non-hydrogen) atoms. The molecule has 0 aromatic heterocycles. The van der Waals surface area contributed by atoms with Gasteiger partial charge in [-0.15, -0.1) is 0 Å². The Kier molecular flexibility index (Phi) is 5.52. The maximum absolute atomic E-state index is 12.2. The molecule has 7 nitrogen and oxygen atoms in total. The van der Waals surface area contributed by atoms with Crippen LogP contribution in [0, 0.1) is 5.92 Å². The summed E-state index contributed by atoms with van der Waals surface area (Å²) in [5, 5.41) is 8.90. The van der Waals surface area contributed by atoms with Gasteiger partial charge in [0.1, 0.15) is 6.04 Å². The summed E-state index contributed by atoms with van der Waals surface area (Å²) in [7, 11) is -1.74. The zero-order chi connectivity index (χ0) is 15.5. The van der Waals surface area contributed by atoms with E-state index in [0.717, 1.165) is 0 Å². The SMILES string of the molecule is CCS(=O)(=O)N1CCC(C(=O)N(C)C(C)C(=O)O)CC1. The van der Waals surface area contributed by atoms with Gasteiger partial charge in [0.2, 0.25) is 15.9 Å². The first-order chi connectivity index (χ1) is 9.20. The van der Waals surface area contributed by atoms with Gasteiger partial charge in [-0.3, -0.25) is 4.79 Å². The number of sulfonamides is 1. The van der Waals surface area contributed by atoms with Crippen molar-refractivity contribution < 1.29 is 23.1 Å². The van der Waals surface area contributed by atoms with Crippen LogP contribution in [0.1, 0.15) is 26.7 Å². The van der Waals surface area contributed by atoms with E-state index < -0.39 is 22.0 Å². The van der Waals surface area contributed by atoms with Crippen LogP contribution in [-0.2, 0) is 19.6 Å². The highest BCUT2D eigenvalue weighted by atomic mass is 32.2. The summed E-state index contributed by atoms with van der Waals surface area (Å²) in [6, 6.07) is -0.875. The summed E-state index contributed by atoms with van der Waals surface area (Å²) in [4.78, 5) is 24.3. The number of aliphatic carboxylic acids is 1. The highest BCUT2D eigenvalue weighted by Gasteiger charge is 2.33. The van der Waals surface area contributed by atoms with Crippen molar-refractivity contribution in [3.8, 4) is 0 Å². The number of hydrogen-bond donors (Lipinski definition) is 1. The van der Waals surface area contributed by atoms with Crippen LogP contribution in [-0.4, -0.2) is 66.5 Å². The molecule has 1 rings (SSSR count). The summed E-state index contributed by atoms with van der Waals surface area (Å²) in [6.45, 7) is 3.69. The summed E-state index contributed by atoms with van der Waals surface area (Å²) < 4.78 is 24.8. The fraction of sp³-hybridized carbons (Fsp3) is 0.833. The molecule has 0 aliphatic carbocycles. The lowest BCUT2D eigenvalue weighted by molar-refractivity contribution is -0.150. The minimum Gasteiger partial charge on any atom is -0.480 e. The van der Waals surface area contributed by atoms with E-state index in [9.17, 15) is 18.0 Å². The number of carboxylic acid groups (broad SMARTS) is 1. The highest BCUT2D eigenvalue weighted by molar-refractivity contribution is 7.89. The Morgan fingerprint density at radius 3 is 2.25 bits per heavy atom. The van der Waals surface area contributed by atoms with Gasteiger partial charge in [0.15, 0.2) is 0 Å². The van der Waals surface area contributed by atoms with Crippen molar-refractivity contribution in [2.24, 2.45) is 5.92 Å². The molecule has 1 N–H and O–H groups in total. The Morgan fingerprint density at radius 1 is 1.35 bits per heavy atom. The van der Waals surface area contributed by atoms with Gasteiger partial charge in [-0.2, -0.15) is 0 Å².